The van der Waals surface area contributed by atoms with Gasteiger partial charge in [-0.1, -0.05) is 17.7 Å². The molecule has 0 atom stereocenters. The van der Waals surface area contributed by atoms with Gasteiger partial charge in [-0.2, -0.15) is 0 Å². The second-order valence-electron chi connectivity index (χ2n) is 6.25. The Hall–Kier alpha value is -3.41. The maximum Gasteiger partial charge on any atom is 0.355 e. The van der Waals surface area contributed by atoms with E-state index >= 15 is 0 Å². The van der Waals surface area contributed by atoms with Crippen LogP contribution in [0.25, 0.3) is 21.8 Å². The van der Waals surface area contributed by atoms with E-state index in [0.29, 0.717) is 5.69 Å². The van der Waals surface area contributed by atoms with Gasteiger partial charge < -0.3 is 14.8 Å². The lowest BCUT2D eigenvalue weighted by Crippen LogP contribution is -2.17. The van der Waals surface area contributed by atoms with Crippen LogP contribution >= 0.6 is 0 Å². The predicted molar refractivity (Wildman–Crippen MR) is 109 cm³/mol. The zero-order valence-corrected chi connectivity index (χ0v) is 16.1. The van der Waals surface area contributed by atoms with Crippen molar-refractivity contribution in [2.45, 2.75) is 20.8 Å². The van der Waals surface area contributed by atoms with Crippen molar-refractivity contribution in [2.24, 2.45) is 0 Å². The van der Waals surface area contributed by atoms with Gasteiger partial charge in [-0.15, -0.1) is 0 Å². The molecule has 2 aromatic carbocycles. The van der Waals surface area contributed by atoms with Crippen LogP contribution in [0.1, 0.15) is 19.4 Å². The summed E-state index contributed by atoms with van der Waals surface area (Å²) in [5, 5.41) is 5.00. The molecule has 0 radical (unpaired) electrons. The van der Waals surface area contributed by atoms with Crippen molar-refractivity contribution >= 4 is 39.4 Å². The Labute approximate surface area is 163 Å². The zero-order valence-electron chi connectivity index (χ0n) is 16.1. The second kappa shape index (κ2) is 8.52. The fraction of sp³-hybridized carbons (Fsp3) is 0.227. The molecule has 1 N–H and O–H groups in total. The lowest BCUT2D eigenvalue weighted by atomic mass is 10.1. The molecule has 1 heterocycles. The summed E-state index contributed by atoms with van der Waals surface area (Å²) < 4.78 is 9.91. The number of aryl methyl sites for hydroxylation is 1. The number of nitrogens with one attached hydrogen (secondary N) is 1. The van der Waals surface area contributed by atoms with Gasteiger partial charge >= 0.3 is 11.9 Å². The van der Waals surface area contributed by atoms with E-state index in [4.69, 9.17) is 14.5 Å². The van der Waals surface area contributed by atoms with Crippen LogP contribution in [0.15, 0.2) is 54.2 Å². The molecule has 0 aliphatic rings. The maximum atomic E-state index is 12.2. The first-order valence-corrected chi connectivity index (χ1v) is 9.14. The van der Waals surface area contributed by atoms with E-state index in [2.05, 4.69) is 17.4 Å². The Balaban J connectivity index is 1.96. The summed E-state index contributed by atoms with van der Waals surface area (Å²) >= 11 is 0. The molecule has 28 heavy (non-hydrogen) atoms. The van der Waals surface area contributed by atoms with Crippen LogP contribution in [0, 0.1) is 6.92 Å². The topological polar surface area (TPSA) is 77.5 Å². The number of aromatic nitrogens is 1. The molecule has 6 nitrogen and oxygen atoms in total. The molecule has 6 heteroatoms. The number of ether oxygens (including phenoxy) is 2. The summed E-state index contributed by atoms with van der Waals surface area (Å²) in [6.07, 6.45) is 1.10. The number of hydrogen-bond acceptors (Lipinski definition) is 6. The molecule has 0 spiro atoms. The van der Waals surface area contributed by atoms with Crippen molar-refractivity contribution in [3.63, 3.8) is 0 Å². The van der Waals surface area contributed by atoms with Crippen molar-refractivity contribution < 1.29 is 19.1 Å². The van der Waals surface area contributed by atoms with Crippen molar-refractivity contribution in [1.29, 1.82) is 0 Å². The van der Waals surface area contributed by atoms with E-state index in [1.807, 2.05) is 37.3 Å². The molecule has 0 aliphatic carbocycles. The van der Waals surface area contributed by atoms with E-state index in [1.54, 1.807) is 13.8 Å². The molecule has 3 aromatic rings. The highest BCUT2D eigenvalue weighted by Gasteiger charge is 2.14. The summed E-state index contributed by atoms with van der Waals surface area (Å²) in [5.41, 5.74) is 3.48. The smallest absolute Gasteiger partial charge is 0.355 e. The minimum Gasteiger partial charge on any atom is -0.463 e. The summed E-state index contributed by atoms with van der Waals surface area (Å²) in [6, 6.07) is 13.7. The number of pyridine rings is 1. The van der Waals surface area contributed by atoms with Gasteiger partial charge in [0.2, 0.25) is 0 Å². The quantitative estimate of drug-likeness (QED) is 0.395. The number of benzene rings is 2. The van der Waals surface area contributed by atoms with Crippen LogP contribution < -0.4 is 5.32 Å². The third-order valence-corrected chi connectivity index (χ3v) is 4.09. The van der Waals surface area contributed by atoms with Crippen LogP contribution in [0.3, 0.4) is 0 Å². The van der Waals surface area contributed by atoms with Crippen LogP contribution in [0.4, 0.5) is 5.69 Å². The van der Waals surface area contributed by atoms with Crippen LogP contribution in [-0.4, -0.2) is 30.1 Å². The third-order valence-electron chi connectivity index (χ3n) is 4.09. The molecule has 0 fully saturated rings. The molecule has 144 valence electrons. The Morgan fingerprint density at radius 1 is 0.964 bits per heavy atom. The molecular formula is C22H22N2O4. The first-order chi connectivity index (χ1) is 13.5. The zero-order chi connectivity index (χ0) is 20.1. The minimum atomic E-state index is -0.627. The highest BCUT2D eigenvalue weighted by atomic mass is 16.5. The van der Waals surface area contributed by atoms with E-state index in [9.17, 15) is 9.59 Å². The second-order valence-corrected chi connectivity index (χ2v) is 6.25. The van der Waals surface area contributed by atoms with Crippen molar-refractivity contribution in [3.05, 3.63) is 59.8 Å². The third kappa shape index (κ3) is 4.46. The number of anilines is 1. The highest BCUT2D eigenvalue weighted by molar-refractivity contribution is 6.00. The monoisotopic (exact) mass is 378 g/mol. The Morgan fingerprint density at radius 3 is 2.50 bits per heavy atom. The fourth-order valence-electron chi connectivity index (χ4n) is 2.84. The van der Waals surface area contributed by atoms with Gasteiger partial charge in [0.25, 0.3) is 0 Å². The molecule has 0 unspecified atom stereocenters. The molecule has 0 amide bonds. The number of nitrogens with zero attached hydrogens (tertiary/aromatic N) is 1. The standard InChI is InChI=1S/C22H22N2O4/c1-4-27-21(25)13-20(22(26)28-5-2)23-17-8-7-15-11-16-10-14(3)6-9-18(16)24-19(15)12-17/h6-13,23H,4-5H2,1-3H3. The van der Waals surface area contributed by atoms with Gasteiger partial charge in [-0.05, 0) is 51.1 Å². The van der Waals surface area contributed by atoms with Gasteiger partial charge in [-0.3, -0.25) is 0 Å². The van der Waals surface area contributed by atoms with Crippen LogP contribution in [0.2, 0.25) is 0 Å². The van der Waals surface area contributed by atoms with Crippen LogP contribution in [-0.2, 0) is 19.1 Å². The van der Waals surface area contributed by atoms with Crippen molar-refractivity contribution in [1.82, 2.24) is 4.98 Å². The molecule has 0 saturated heterocycles. The molecule has 0 bridgehead atoms. The SMILES string of the molecule is CCOC(=O)C=C(Nc1ccc2cc3cc(C)ccc3nc2c1)C(=O)OCC. The Kier molecular flexibility index (Phi) is 5.89. The first-order valence-electron chi connectivity index (χ1n) is 9.14. The largest absolute Gasteiger partial charge is 0.463 e. The molecule has 3 rings (SSSR count). The van der Waals surface area contributed by atoms with Crippen molar-refractivity contribution in [2.75, 3.05) is 18.5 Å². The number of rotatable bonds is 6. The van der Waals surface area contributed by atoms with Gasteiger partial charge in [0.15, 0.2) is 0 Å². The van der Waals surface area contributed by atoms with E-state index in [1.165, 1.54) is 5.56 Å². The number of fused-ring (bicyclic) bond motifs is 2. The summed E-state index contributed by atoms with van der Waals surface area (Å²) in [7, 11) is 0. The lowest BCUT2D eigenvalue weighted by molar-refractivity contribution is -0.140. The van der Waals surface area contributed by atoms with Gasteiger partial charge in [0, 0.05) is 16.5 Å². The summed E-state index contributed by atoms with van der Waals surface area (Å²) in [6.45, 7) is 5.86. The maximum absolute atomic E-state index is 12.2. The molecule has 0 aliphatic heterocycles. The summed E-state index contributed by atoms with van der Waals surface area (Å²) in [4.78, 5) is 28.7. The predicted octanol–water partition coefficient (Wildman–Crippen LogP) is 4.12. The highest BCUT2D eigenvalue weighted by Crippen LogP contribution is 2.24. The molecule has 1 aromatic heterocycles. The molecule has 0 saturated carbocycles. The van der Waals surface area contributed by atoms with Crippen molar-refractivity contribution in [3.8, 4) is 0 Å². The lowest BCUT2D eigenvalue weighted by Gasteiger charge is -2.11. The normalized spacial score (nSPS) is 11.5. The summed E-state index contributed by atoms with van der Waals surface area (Å²) in [5.74, 6) is -1.24. The number of carbonyl (C=O) groups is 2. The fourth-order valence-corrected chi connectivity index (χ4v) is 2.84. The van der Waals surface area contributed by atoms with E-state index in [0.717, 1.165) is 27.9 Å². The average Bonchev–Trinajstić information content (AvgIpc) is 2.66. The number of carbonyl (C=O) groups excluding carboxylic acids is 2. The number of esters is 2. The van der Waals surface area contributed by atoms with Gasteiger partial charge in [0.1, 0.15) is 5.70 Å². The van der Waals surface area contributed by atoms with Crippen LogP contribution in [0.5, 0.6) is 0 Å². The average molecular weight is 378 g/mol. The van der Waals surface area contributed by atoms with E-state index in [-0.39, 0.29) is 18.9 Å². The molecular weight excluding hydrogens is 356 g/mol. The van der Waals surface area contributed by atoms with Gasteiger partial charge in [-0.25, -0.2) is 14.6 Å². The Bertz CT molecular complexity index is 1070. The van der Waals surface area contributed by atoms with Gasteiger partial charge in [0.05, 0.1) is 30.3 Å². The number of hydrogen-bond donors (Lipinski definition) is 1. The minimum absolute atomic E-state index is 0.0102. The first kappa shape index (κ1) is 19.4. The Morgan fingerprint density at radius 2 is 1.75 bits per heavy atom. The van der Waals surface area contributed by atoms with E-state index < -0.39 is 11.9 Å².